The van der Waals surface area contributed by atoms with Crippen molar-refractivity contribution < 1.29 is 22.4 Å². The van der Waals surface area contributed by atoms with Crippen LogP contribution < -0.4 is 9.62 Å². The van der Waals surface area contributed by atoms with Crippen molar-refractivity contribution in [2.24, 2.45) is 17.8 Å². The Morgan fingerprint density at radius 2 is 1.48 bits per heavy atom. The van der Waals surface area contributed by atoms with Gasteiger partial charge in [0, 0.05) is 12.6 Å². The highest BCUT2D eigenvalue weighted by Crippen LogP contribution is 2.60. The maximum Gasteiger partial charge on any atom is 0.244 e. The van der Waals surface area contributed by atoms with Gasteiger partial charge in [0.2, 0.25) is 21.8 Å². The van der Waals surface area contributed by atoms with Crippen molar-refractivity contribution in [1.29, 1.82) is 0 Å². The Kier molecular flexibility index (Phi) is 8.79. The van der Waals surface area contributed by atoms with E-state index in [2.05, 4.69) is 17.4 Å². The quantitative estimate of drug-likeness (QED) is 0.356. The maximum atomic E-state index is 13.9. The molecule has 2 aromatic rings. The molecule has 5 aliphatic rings. The average Bonchev–Trinajstić information content (AvgIpc) is 2.98. The topological polar surface area (TPSA) is 86.8 Å². The van der Waals surface area contributed by atoms with Gasteiger partial charge >= 0.3 is 0 Å². The summed E-state index contributed by atoms with van der Waals surface area (Å²) < 4.78 is 41.0. The normalized spacial score (nSPS) is 27.1. The van der Waals surface area contributed by atoms with Gasteiger partial charge in [0.1, 0.15) is 18.4 Å². The van der Waals surface area contributed by atoms with Crippen molar-refractivity contribution in [3.8, 4) is 0 Å². The number of anilines is 1. The van der Waals surface area contributed by atoms with Crippen molar-refractivity contribution >= 4 is 27.5 Å². The van der Waals surface area contributed by atoms with E-state index in [-0.39, 0.29) is 23.9 Å². The fraction of sp³-hybridized carbons (Fsp3) is 0.600. The molecule has 1 N–H and O–H groups in total. The summed E-state index contributed by atoms with van der Waals surface area (Å²) in [6.07, 6.45) is 13.9. The summed E-state index contributed by atoms with van der Waals surface area (Å²) >= 11 is 0. The molecular weight excluding hydrogens is 577 g/mol. The Morgan fingerprint density at radius 1 is 0.909 bits per heavy atom. The summed E-state index contributed by atoms with van der Waals surface area (Å²) in [6, 6.07) is 12.9. The van der Waals surface area contributed by atoms with Crippen LogP contribution in [0.15, 0.2) is 48.5 Å². The Labute approximate surface area is 261 Å². The Hall–Kier alpha value is -2.94. The number of sulfonamides is 1. The second kappa shape index (κ2) is 12.5. The molecule has 5 fully saturated rings. The summed E-state index contributed by atoms with van der Waals surface area (Å²) in [7, 11) is -3.82. The molecule has 0 saturated heterocycles. The molecular formula is C35H46FN3O4S. The van der Waals surface area contributed by atoms with Crippen LogP contribution in [0.5, 0.6) is 0 Å². The predicted molar refractivity (Wildman–Crippen MR) is 170 cm³/mol. The minimum absolute atomic E-state index is 0.0565. The minimum Gasteiger partial charge on any atom is -0.352 e. The molecule has 9 heteroatoms. The van der Waals surface area contributed by atoms with Crippen molar-refractivity contribution in [2.75, 3.05) is 17.1 Å². The number of benzene rings is 2. The van der Waals surface area contributed by atoms with Crippen molar-refractivity contribution in [3.63, 3.8) is 0 Å². The second-order valence-corrected chi connectivity index (χ2v) is 16.1. The van der Waals surface area contributed by atoms with Crippen LogP contribution in [0.4, 0.5) is 10.1 Å². The third-order valence-corrected chi connectivity index (χ3v) is 12.0. The Morgan fingerprint density at radius 3 is 2.02 bits per heavy atom. The zero-order valence-electron chi connectivity index (χ0n) is 26.0. The number of nitrogens with zero attached hydrogens (tertiary/aromatic N) is 2. The highest BCUT2D eigenvalue weighted by atomic mass is 32.2. The van der Waals surface area contributed by atoms with Gasteiger partial charge in [-0.3, -0.25) is 13.9 Å². The van der Waals surface area contributed by atoms with E-state index in [9.17, 15) is 22.4 Å². The number of rotatable bonds is 10. The lowest BCUT2D eigenvalue weighted by molar-refractivity contribution is -0.139. The summed E-state index contributed by atoms with van der Waals surface area (Å²) in [5, 5.41) is 3.10. The van der Waals surface area contributed by atoms with Gasteiger partial charge in [-0.25, -0.2) is 12.8 Å². The highest BCUT2D eigenvalue weighted by molar-refractivity contribution is 7.92. The van der Waals surface area contributed by atoms with Gasteiger partial charge < -0.3 is 10.2 Å². The van der Waals surface area contributed by atoms with Gasteiger partial charge in [0.05, 0.1) is 11.9 Å². The molecule has 2 aromatic carbocycles. The van der Waals surface area contributed by atoms with Crippen molar-refractivity contribution in [1.82, 2.24) is 10.2 Å². The first-order valence-corrected chi connectivity index (χ1v) is 18.3. The molecule has 5 aliphatic carbocycles. The largest absolute Gasteiger partial charge is 0.352 e. The summed E-state index contributed by atoms with van der Waals surface area (Å²) in [5.74, 6) is 1.26. The smallest absolute Gasteiger partial charge is 0.244 e. The van der Waals surface area contributed by atoms with Gasteiger partial charge in [-0.1, -0.05) is 43.5 Å². The van der Waals surface area contributed by atoms with E-state index in [4.69, 9.17) is 0 Å². The van der Waals surface area contributed by atoms with Crippen LogP contribution in [0.3, 0.4) is 0 Å². The number of hydrogen-bond donors (Lipinski definition) is 1. The average molecular weight is 624 g/mol. The van der Waals surface area contributed by atoms with Crippen LogP contribution in [0, 0.1) is 23.6 Å². The first kappa shape index (κ1) is 31.1. The van der Waals surface area contributed by atoms with E-state index in [1.807, 2.05) is 12.1 Å². The van der Waals surface area contributed by atoms with Crippen LogP contribution in [0.2, 0.25) is 0 Å². The van der Waals surface area contributed by atoms with Crippen molar-refractivity contribution in [3.05, 3.63) is 65.5 Å². The lowest BCUT2D eigenvalue weighted by Gasteiger charge is -2.57. The fourth-order valence-corrected chi connectivity index (χ4v) is 9.85. The van der Waals surface area contributed by atoms with E-state index in [1.54, 1.807) is 19.1 Å². The zero-order valence-corrected chi connectivity index (χ0v) is 26.8. The fourth-order valence-electron chi connectivity index (χ4n) is 9.00. The molecule has 0 heterocycles. The van der Waals surface area contributed by atoms with Crippen LogP contribution in [-0.2, 0) is 31.6 Å². The van der Waals surface area contributed by atoms with Gasteiger partial charge in [0.15, 0.2) is 0 Å². The van der Waals surface area contributed by atoms with E-state index >= 15 is 0 Å². The SMILES string of the molecule is C[C@@H](C(=O)NC1CCCCC1)N(Cc1ccc(F)cc1)C(=O)CN(c1ccc(C23CC4CC(CC(C4)C2)C3)cc1)S(C)(=O)=O. The van der Waals surface area contributed by atoms with Crippen LogP contribution in [-0.4, -0.2) is 50.0 Å². The zero-order chi connectivity index (χ0) is 31.1. The summed E-state index contributed by atoms with van der Waals surface area (Å²) in [5.41, 5.74) is 2.57. The molecule has 0 aliphatic heterocycles. The summed E-state index contributed by atoms with van der Waals surface area (Å²) in [4.78, 5) is 28.7. The lowest BCUT2D eigenvalue weighted by Crippen LogP contribution is -2.53. The third kappa shape index (κ3) is 6.68. The van der Waals surface area contributed by atoms with E-state index < -0.39 is 34.3 Å². The first-order chi connectivity index (χ1) is 21.0. The number of carbonyl (C=O) groups excluding carboxylic acids is 2. The molecule has 1 atom stereocenters. The van der Waals surface area contributed by atoms with E-state index in [1.165, 1.54) is 61.1 Å². The van der Waals surface area contributed by atoms with Crippen LogP contribution in [0.1, 0.15) is 88.7 Å². The molecule has 0 unspecified atom stereocenters. The van der Waals surface area contributed by atoms with Gasteiger partial charge in [-0.2, -0.15) is 0 Å². The van der Waals surface area contributed by atoms with Crippen LogP contribution >= 0.6 is 0 Å². The monoisotopic (exact) mass is 623 g/mol. The van der Waals surface area contributed by atoms with Crippen molar-refractivity contribution in [2.45, 2.75) is 102 Å². The Bertz CT molecular complexity index is 1420. The van der Waals surface area contributed by atoms with E-state index in [0.717, 1.165) is 60.4 Å². The van der Waals surface area contributed by atoms with Gasteiger partial charge in [-0.15, -0.1) is 0 Å². The molecule has 5 saturated carbocycles. The summed E-state index contributed by atoms with van der Waals surface area (Å²) in [6.45, 7) is 1.29. The molecule has 7 rings (SSSR count). The number of amides is 2. The molecule has 0 spiro atoms. The maximum absolute atomic E-state index is 13.9. The lowest BCUT2D eigenvalue weighted by atomic mass is 9.48. The van der Waals surface area contributed by atoms with E-state index in [0.29, 0.717) is 11.3 Å². The standard InChI is InChI=1S/C35H46FN3O4S/c1-24(34(41)37-31-6-4-3-5-7-31)38(22-25-8-12-30(36)13-9-25)33(40)23-39(44(2,42)43)32-14-10-29(11-15-32)35-19-26-16-27(20-35)18-28(17-26)21-35/h8-15,24,26-28,31H,3-7,16-23H2,1-2H3,(H,37,41)/t24-,26?,27?,28?,35?/m0/s1. The molecule has 7 nitrogen and oxygen atoms in total. The number of nitrogens with one attached hydrogen (secondary N) is 1. The number of hydrogen-bond acceptors (Lipinski definition) is 4. The highest BCUT2D eigenvalue weighted by Gasteiger charge is 2.51. The third-order valence-electron chi connectivity index (χ3n) is 10.9. The number of carbonyl (C=O) groups is 2. The minimum atomic E-state index is -3.82. The van der Waals surface area contributed by atoms with Gasteiger partial charge in [0.25, 0.3) is 0 Å². The Balaban J connectivity index is 1.22. The molecule has 2 amide bonds. The second-order valence-electron chi connectivity index (χ2n) is 14.2. The van der Waals surface area contributed by atoms with Crippen LogP contribution in [0.25, 0.3) is 0 Å². The molecule has 0 aromatic heterocycles. The first-order valence-electron chi connectivity index (χ1n) is 16.4. The molecule has 4 bridgehead atoms. The molecule has 238 valence electrons. The molecule has 44 heavy (non-hydrogen) atoms. The van der Waals surface area contributed by atoms with Gasteiger partial charge in [-0.05, 0) is 117 Å². The molecule has 0 radical (unpaired) electrons. The predicted octanol–water partition coefficient (Wildman–Crippen LogP) is 5.93. The number of halogens is 1.